The van der Waals surface area contributed by atoms with Crippen LogP contribution in [0.25, 0.3) is 11.4 Å². The van der Waals surface area contributed by atoms with Crippen LogP contribution >= 0.6 is 0 Å². The van der Waals surface area contributed by atoms with E-state index < -0.39 is 0 Å². The Morgan fingerprint density at radius 2 is 1.79 bits per heavy atom. The monoisotopic (exact) mass is 520 g/mol. The molecule has 8 nitrogen and oxygen atoms in total. The number of ether oxygens (including phenoxy) is 1. The molecule has 5 rings (SSSR count). The molecule has 1 amide bonds. The molecule has 0 bridgehead atoms. The van der Waals surface area contributed by atoms with E-state index in [9.17, 15) is 10.1 Å². The quantitative estimate of drug-likeness (QED) is 0.375. The van der Waals surface area contributed by atoms with Gasteiger partial charge in [-0.1, -0.05) is 12.1 Å². The minimum Gasteiger partial charge on any atom is -0.489 e. The van der Waals surface area contributed by atoms with Gasteiger partial charge in [-0.05, 0) is 68.1 Å². The van der Waals surface area contributed by atoms with Crippen molar-refractivity contribution in [1.29, 1.82) is 5.26 Å². The average Bonchev–Trinajstić information content (AvgIpc) is 3.39. The van der Waals surface area contributed by atoms with Gasteiger partial charge in [0.05, 0.1) is 11.6 Å². The highest BCUT2D eigenvalue weighted by Crippen LogP contribution is 2.26. The van der Waals surface area contributed by atoms with Crippen molar-refractivity contribution in [2.75, 3.05) is 43.4 Å². The molecule has 1 aromatic heterocycles. The maximum atomic E-state index is 13.0. The lowest BCUT2D eigenvalue weighted by molar-refractivity contribution is 0.102. The molecule has 1 N–H and O–H groups in total. The zero-order valence-corrected chi connectivity index (χ0v) is 22.5. The molecule has 0 saturated carbocycles. The van der Waals surface area contributed by atoms with Crippen molar-refractivity contribution in [2.24, 2.45) is 7.05 Å². The first-order valence-corrected chi connectivity index (χ1v) is 13.0. The summed E-state index contributed by atoms with van der Waals surface area (Å²) in [6.07, 6.45) is 3.64. The smallest absolute Gasteiger partial charge is 0.255 e. The molecule has 39 heavy (non-hydrogen) atoms. The van der Waals surface area contributed by atoms with Crippen molar-refractivity contribution in [3.63, 3.8) is 0 Å². The van der Waals surface area contributed by atoms with Gasteiger partial charge in [0.25, 0.3) is 5.91 Å². The Bertz CT molecular complexity index is 1510. The molecular weight excluding hydrogens is 488 g/mol. The maximum Gasteiger partial charge on any atom is 0.255 e. The number of likely N-dealkylation sites (N-methyl/N-ethyl adjacent to an activating group) is 1. The van der Waals surface area contributed by atoms with E-state index in [1.54, 1.807) is 30.5 Å². The number of aryl methyl sites for hydroxylation is 2. The van der Waals surface area contributed by atoms with Crippen molar-refractivity contribution in [1.82, 2.24) is 14.5 Å². The number of hydrogen-bond donors (Lipinski definition) is 1. The molecule has 198 valence electrons. The number of imidazole rings is 1. The lowest BCUT2D eigenvalue weighted by atomic mass is 10.1. The molecule has 1 fully saturated rings. The van der Waals surface area contributed by atoms with Gasteiger partial charge < -0.3 is 24.4 Å². The van der Waals surface area contributed by atoms with Crippen LogP contribution in [0.3, 0.4) is 0 Å². The van der Waals surface area contributed by atoms with Crippen molar-refractivity contribution >= 4 is 17.3 Å². The summed E-state index contributed by atoms with van der Waals surface area (Å²) in [6.45, 7) is 6.18. The van der Waals surface area contributed by atoms with Crippen molar-refractivity contribution in [2.45, 2.75) is 13.5 Å². The summed E-state index contributed by atoms with van der Waals surface area (Å²) in [7, 11) is 4.07. The molecule has 0 spiro atoms. The van der Waals surface area contributed by atoms with Gasteiger partial charge in [0, 0.05) is 73.7 Å². The van der Waals surface area contributed by atoms with E-state index in [0.29, 0.717) is 16.9 Å². The van der Waals surface area contributed by atoms with Crippen LogP contribution in [0, 0.1) is 18.3 Å². The number of nitrogens with zero attached hydrogens (tertiary/aromatic N) is 5. The Kier molecular flexibility index (Phi) is 7.62. The SMILES string of the molecule is Cc1ccc(-c2nccn2C)cc1NC(=O)c1ccc(OCc2cc(N3CCN(C)CC3)ccc2C#N)cc1. The Morgan fingerprint density at radius 3 is 2.49 bits per heavy atom. The lowest BCUT2D eigenvalue weighted by Gasteiger charge is -2.34. The summed E-state index contributed by atoms with van der Waals surface area (Å²) in [4.78, 5) is 22.0. The van der Waals surface area contributed by atoms with E-state index in [1.165, 1.54) is 0 Å². The zero-order valence-electron chi connectivity index (χ0n) is 22.5. The predicted octanol–water partition coefficient (Wildman–Crippen LogP) is 4.85. The molecule has 0 radical (unpaired) electrons. The van der Waals surface area contributed by atoms with Crippen LogP contribution in [-0.4, -0.2) is 53.6 Å². The summed E-state index contributed by atoms with van der Waals surface area (Å²) < 4.78 is 7.96. The molecule has 1 saturated heterocycles. The number of aromatic nitrogens is 2. The van der Waals surface area contributed by atoms with E-state index >= 15 is 0 Å². The molecule has 4 aromatic rings. The Morgan fingerprint density at radius 1 is 1.03 bits per heavy atom. The number of rotatable bonds is 7. The number of benzene rings is 3. The molecular formula is C31H32N6O2. The fourth-order valence-electron chi connectivity index (χ4n) is 4.67. The van der Waals surface area contributed by atoms with Gasteiger partial charge >= 0.3 is 0 Å². The molecule has 1 aliphatic heterocycles. The van der Waals surface area contributed by atoms with Crippen molar-refractivity contribution in [3.05, 3.63) is 95.3 Å². The fraction of sp³-hybridized carbons (Fsp3) is 0.258. The Hall–Kier alpha value is -4.61. The van der Waals surface area contributed by atoms with Gasteiger partial charge in [-0.25, -0.2) is 4.98 Å². The van der Waals surface area contributed by atoms with Crippen LogP contribution in [0.5, 0.6) is 5.75 Å². The number of carbonyl (C=O) groups excluding carboxylic acids is 1. The summed E-state index contributed by atoms with van der Waals surface area (Å²) >= 11 is 0. The van der Waals surface area contributed by atoms with Crippen LogP contribution in [0.15, 0.2) is 73.1 Å². The van der Waals surface area contributed by atoms with Gasteiger partial charge in [-0.2, -0.15) is 5.26 Å². The summed E-state index contributed by atoms with van der Waals surface area (Å²) in [6, 6.07) is 21.2. The predicted molar refractivity (Wildman–Crippen MR) is 153 cm³/mol. The van der Waals surface area contributed by atoms with Gasteiger partial charge in [-0.3, -0.25) is 4.79 Å². The zero-order chi connectivity index (χ0) is 27.4. The number of carbonyl (C=O) groups is 1. The third-order valence-electron chi connectivity index (χ3n) is 7.15. The summed E-state index contributed by atoms with van der Waals surface area (Å²) in [5, 5.41) is 12.6. The Labute approximate surface area is 229 Å². The number of anilines is 2. The average molecular weight is 521 g/mol. The van der Waals surface area contributed by atoms with Crippen molar-refractivity contribution < 1.29 is 9.53 Å². The van der Waals surface area contributed by atoms with Gasteiger partial charge in [0.2, 0.25) is 0 Å². The van der Waals surface area contributed by atoms with E-state index in [1.807, 2.05) is 61.1 Å². The standard InChI is InChI=1S/C31H32N6O2/c1-22-4-5-24(30-33-12-13-36(30)3)19-29(22)34-31(38)23-7-10-28(11-8-23)39-21-26-18-27(9-6-25(26)20-32)37-16-14-35(2)15-17-37/h4-13,18-19H,14-17,21H2,1-3H3,(H,34,38). The number of nitrogens with one attached hydrogen (secondary N) is 1. The third kappa shape index (κ3) is 5.95. The normalized spacial score (nSPS) is 13.6. The highest BCUT2D eigenvalue weighted by molar-refractivity contribution is 6.05. The second kappa shape index (κ2) is 11.4. The highest BCUT2D eigenvalue weighted by atomic mass is 16.5. The van der Waals surface area contributed by atoms with Crippen LogP contribution in [0.2, 0.25) is 0 Å². The first-order valence-electron chi connectivity index (χ1n) is 13.0. The van der Waals surface area contributed by atoms with Crippen LogP contribution in [-0.2, 0) is 13.7 Å². The van der Waals surface area contributed by atoms with Crippen molar-refractivity contribution in [3.8, 4) is 23.2 Å². The third-order valence-corrected chi connectivity index (χ3v) is 7.15. The van der Waals surface area contributed by atoms with E-state index in [0.717, 1.165) is 60.1 Å². The minimum atomic E-state index is -0.201. The van der Waals surface area contributed by atoms with Crippen LogP contribution in [0.1, 0.15) is 27.0 Å². The maximum absolute atomic E-state index is 13.0. The lowest BCUT2D eigenvalue weighted by Crippen LogP contribution is -2.44. The van der Waals surface area contributed by atoms with E-state index in [4.69, 9.17) is 4.74 Å². The first-order chi connectivity index (χ1) is 18.9. The topological polar surface area (TPSA) is 86.4 Å². The largest absolute Gasteiger partial charge is 0.489 e. The summed E-state index contributed by atoms with van der Waals surface area (Å²) in [5.74, 6) is 1.27. The molecule has 0 aliphatic carbocycles. The van der Waals surface area contributed by atoms with Crippen LogP contribution in [0.4, 0.5) is 11.4 Å². The molecule has 8 heteroatoms. The number of hydrogen-bond acceptors (Lipinski definition) is 6. The van der Waals surface area contributed by atoms with Gasteiger partial charge in [-0.15, -0.1) is 0 Å². The van der Waals surface area contributed by atoms with E-state index in [-0.39, 0.29) is 12.5 Å². The molecule has 0 unspecified atom stereocenters. The number of piperazine rings is 1. The second-order valence-electron chi connectivity index (χ2n) is 9.90. The first kappa shape index (κ1) is 26.0. The molecule has 2 heterocycles. The molecule has 3 aromatic carbocycles. The Balaban J connectivity index is 1.24. The molecule has 1 aliphatic rings. The number of amides is 1. The fourth-order valence-corrected chi connectivity index (χ4v) is 4.67. The summed E-state index contributed by atoms with van der Waals surface area (Å²) in [5.41, 5.74) is 5.72. The highest BCUT2D eigenvalue weighted by Gasteiger charge is 2.16. The van der Waals surface area contributed by atoms with Gasteiger partial charge in [0.15, 0.2) is 0 Å². The van der Waals surface area contributed by atoms with E-state index in [2.05, 4.69) is 33.2 Å². The number of nitriles is 1. The second-order valence-corrected chi connectivity index (χ2v) is 9.90. The molecule has 0 atom stereocenters. The van der Waals surface area contributed by atoms with Crippen LogP contribution < -0.4 is 15.0 Å². The minimum absolute atomic E-state index is 0.201. The van der Waals surface area contributed by atoms with Gasteiger partial charge in [0.1, 0.15) is 18.2 Å².